The fraction of sp³-hybridized carbons (Fsp3) is 1.00. The number of nitrogens with one attached hydrogen (secondary N) is 1. The van der Waals surface area contributed by atoms with Crippen LogP contribution in [0.3, 0.4) is 0 Å². The van der Waals surface area contributed by atoms with Crippen LogP contribution in [0.1, 0.15) is 51.9 Å². The van der Waals surface area contributed by atoms with Crippen LogP contribution in [-0.2, 0) is 14.2 Å². The van der Waals surface area contributed by atoms with Gasteiger partial charge in [-0.1, -0.05) is 6.92 Å². The van der Waals surface area contributed by atoms with E-state index in [-0.39, 0.29) is 5.79 Å². The Kier molecular flexibility index (Phi) is 4.42. The Hall–Kier alpha value is -0.160. The van der Waals surface area contributed by atoms with Crippen molar-refractivity contribution in [1.82, 2.24) is 5.32 Å². The van der Waals surface area contributed by atoms with Gasteiger partial charge in [-0.2, -0.15) is 0 Å². The molecule has 1 aliphatic carbocycles. The van der Waals surface area contributed by atoms with Gasteiger partial charge in [0.15, 0.2) is 5.79 Å². The normalized spacial score (nSPS) is 33.0. The maximum atomic E-state index is 5.83. The molecule has 2 saturated heterocycles. The Morgan fingerprint density at radius 2 is 1.84 bits per heavy atom. The van der Waals surface area contributed by atoms with E-state index in [1.165, 1.54) is 12.8 Å². The van der Waals surface area contributed by atoms with E-state index >= 15 is 0 Å². The number of hydrogen-bond donors (Lipinski definition) is 1. The maximum Gasteiger partial charge on any atom is 0.168 e. The van der Waals surface area contributed by atoms with Crippen LogP contribution >= 0.6 is 0 Å². The third-order valence-electron chi connectivity index (χ3n) is 4.86. The molecule has 4 nitrogen and oxygen atoms in total. The van der Waals surface area contributed by atoms with E-state index in [1.807, 2.05) is 0 Å². The predicted octanol–water partition coefficient (Wildman–Crippen LogP) is 2.22. The van der Waals surface area contributed by atoms with Crippen molar-refractivity contribution in [3.8, 4) is 0 Å². The van der Waals surface area contributed by atoms with Gasteiger partial charge in [0.05, 0.1) is 19.3 Å². The van der Waals surface area contributed by atoms with E-state index in [9.17, 15) is 0 Å². The van der Waals surface area contributed by atoms with Crippen LogP contribution in [0, 0.1) is 0 Å². The molecule has 0 aromatic heterocycles. The smallest absolute Gasteiger partial charge is 0.168 e. The van der Waals surface area contributed by atoms with Crippen LogP contribution in [-0.4, -0.2) is 43.8 Å². The third-order valence-corrected chi connectivity index (χ3v) is 4.86. The molecule has 1 spiro atoms. The summed E-state index contributed by atoms with van der Waals surface area (Å²) in [5.74, 6) is -0.232. The van der Waals surface area contributed by atoms with Crippen molar-refractivity contribution >= 4 is 0 Å². The lowest BCUT2D eigenvalue weighted by atomic mass is 9.89. The molecule has 1 N–H and O–H groups in total. The Bertz CT molecular complexity index is 275. The van der Waals surface area contributed by atoms with Crippen LogP contribution in [0.4, 0.5) is 0 Å². The summed E-state index contributed by atoms with van der Waals surface area (Å²) in [7, 11) is 0. The summed E-state index contributed by atoms with van der Waals surface area (Å²) in [6.45, 7) is 4.74. The van der Waals surface area contributed by atoms with Crippen LogP contribution in [0.2, 0.25) is 0 Å². The highest BCUT2D eigenvalue weighted by Crippen LogP contribution is 2.36. The average Bonchev–Trinajstić information content (AvgIpc) is 3.10. The molecule has 0 aromatic carbocycles. The van der Waals surface area contributed by atoms with Crippen LogP contribution in [0.5, 0.6) is 0 Å². The quantitative estimate of drug-likeness (QED) is 0.849. The maximum absolute atomic E-state index is 5.83. The lowest BCUT2D eigenvalue weighted by Crippen LogP contribution is -2.49. The van der Waals surface area contributed by atoms with Crippen molar-refractivity contribution in [2.45, 2.75) is 75.8 Å². The van der Waals surface area contributed by atoms with Crippen molar-refractivity contribution in [2.75, 3.05) is 19.8 Å². The first-order chi connectivity index (χ1) is 9.31. The number of hydrogen-bond acceptors (Lipinski definition) is 4. The minimum atomic E-state index is -0.232. The summed E-state index contributed by atoms with van der Waals surface area (Å²) in [6, 6.07) is 1.12. The Labute approximate surface area is 116 Å². The van der Waals surface area contributed by atoms with Gasteiger partial charge in [-0.05, 0) is 32.1 Å². The second kappa shape index (κ2) is 6.08. The van der Waals surface area contributed by atoms with E-state index < -0.39 is 0 Å². The fourth-order valence-electron chi connectivity index (χ4n) is 3.72. The third kappa shape index (κ3) is 3.13. The van der Waals surface area contributed by atoms with E-state index in [4.69, 9.17) is 14.2 Å². The first kappa shape index (κ1) is 13.8. The molecular formula is C15H27NO3. The Morgan fingerprint density at radius 3 is 2.42 bits per heavy atom. The second-order valence-corrected chi connectivity index (χ2v) is 6.11. The molecule has 2 unspecified atom stereocenters. The molecule has 2 atom stereocenters. The molecule has 3 aliphatic rings. The molecule has 0 bridgehead atoms. The van der Waals surface area contributed by atoms with Gasteiger partial charge in [-0.3, -0.25) is 0 Å². The predicted molar refractivity (Wildman–Crippen MR) is 73.1 cm³/mol. The van der Waals surface area contributed by atoms with Gasteiger partial charge in [-0.15, -0.1) is 0 Å². The van der Waals surface area contributed by atoms with Gasteiger partial charge in [-0.25, -0.2) is 0 Å². The molecule has 3 rings (SSSR count). The van der Waals surface area contributed by atoms with Gasteiger partial charge in [0.25, 0.3) is 0 Å². The van der Waals surface area contributed by atoms with Crippen LogP contribution < -0.4 is 5.32 Å². The second-order valence-electron chi connectivity index (χ2n) is 6.11. The fourth-order valence-corrected chi connectivity index (χ4v) is 3.72. The molecule has 110 valence electrons. The lowest BCUT2D eigenvalue weighted by molar-refractivity contribution is -0.180. The molecule has 19 heavy (non-hydrogen) atoms. The van der Waals surface area contributed by atoms with Gasteiger partial charge < -0.3 is 19.5 Å². The van der Waals surface area contributed by atoms with E-state index in [0.717, 1.165) is 51.9 Å². The molecule has 2 heterocycles. The molecule has 0 amide bonds. The van der Waals surface area contributed by atoms with Gasteiger partial charge in [0.2, 0.25) is 0 Å². The topological polar surface area (TPSA) is 39.7 Å². The van der Waals surface area contributed by atoms with Gasteiger partial charge in [0.1, 0.15) is 0 Å². The van der Waals surface area contributed by atoms with Crippen molar-refractivity contribution in [1.29, 1.82) is 0 Å². The molecule has 1 saturated carbocycles. The van der Waals surface area contributed by atoms with Gasteiger partial charge in [0, 0.05) is 31.5 Å². The molecule has 0 radical (unpaired) electrons. The molecular weight excluding hydrogens is 242 g/mol. The van der Waals surface area contributed by atoms with E-state index in [0.29, 0.717) is 18.2 Å². The standard InChI is InChI=1S/C15H27NO3/c1-2-13(14-4-3-9-17-14)16-12-5-7-15(8-6-12)18-10-11-19-15/h12-14,16H,2-11H2,1H3. The van der Waals surface area contributed by atoms with E-state index in [2.05, 4.69) is 12.2 Å². The van der Waals surface area contributed by atoms with Crippen LogP contribution in [0.15, 0.2) is 0 Å². The zero-order valence-electron chi connectivity index (χ0n) is 12.0. The zero-order valence-corrected chi connectivity index (χ0v) is 12.0. The Morgan fingerprint density at radius 1 is 1.11 bits per heavy atom. The first-order valence-electron chi connectivity index (χ1n) is 7.97. The minimum absolute atomic E-state index is 0.232. The van der Waals surface area contributed by atoms with Crippen molar-refractivity contribution in [3.63, 3.8) is 0 Å². The molecule has 2 aliphatic heterocycles. The summed E-state index contributed by atoms with van der Waals surface area (Å²) in [5.41, 5.74) is 0. The molecule has 4 heteroatoms. The summed E-state index contributed by atoms with van der Waals surface area (Å²) in [6.07, 6.45) is 8.40. The number of ether oxygens (including phenoxy) is 3. The largest absolute Gasteiger partial charge is 0.377 e. The summed E-state index contributed by atoms with van der Waals surface area (Å²) >= 11 is 0. The number of rotatable bonds is 4. The zero-order chi connectivity index (χ0) is 13.1. The first-order valence-corrected chi connectivity index (χ1v) is 7.97. The Balaban J connectivity index is 1.47. The summed E-state index contributed by atoms with van der Waals surface area (Å²) in [4.78, 5) is 0. The van der Waals surface area contributed by atoms with Crippen molar-refractivity contribution < 1.29 is 14.2 Å². The van der Waals surface area contributed by atoms with E-state index in [1.54, 1.807) is 0 Å². The SMILES string of the molecule is CCC(NC1CCC2(CC1)OCCO2)C1CCCO1. The highest BCUT2D eigenvalue weighted by Gasteiger charge is 2.40. The lowest BCUT2D eigenvalue weighted by Gasteiger charge is -2.38. The average molecular weight is 269 g/mol. The van der Waals surface area contributed by atoms with Crippen molar-refractivity contribution in [2.24, 2.45) is 0 Å². The minimum Gasteiger partial charge on any atom is -0.377 e. The van der Waals surface area contributed by atoms with Crippen molar-refractivity contribution in [3.05, 3.63) is 0 Å². The van der Waals surface area contributed by atoms with Gasteiger partial charge >= 0.3 is 0 Å². The highest BCUT2D eigenvalue weighted by atomic mass is 16.7. The highest BCUT2D eigenvalue weighted by molar-refractivity contribution is 4.89. The summed E-state index contributed by atoms with van der Waals surface area (Å²) in [5, 5.41) is 3.82. The molecule has 3 fully saturated rings. The molecule has 0 aromatic rings. The monoisotopic (exact) mass is 269 g/mol. The summed E-state index contributed by atoms with van der Waals surface area (Å²) < 4.78 is 17.4. The van der Waals surface area contributed by atoms with Crippen LogP contribution in [0.25, 0.3) is 0 Å².